The van der Waals surface area contributed by atoms with Gasteiger partial charge in [0.05, 0.1) is 12.0 Å². The van der Waals surface area contributed by atoms with E-state index in [1.807, 2.05) is 58.3 Å². The van der Waals surface area contributed by atoms with Crippen LogP contribution in [-0.2, 0) is 18.3 Å². The lowest BCUT2D eigenvalue weighted by Gasteiger charge is -2.22. The molecule has 0 bridgehead atoms. The number of carbonyl (C=O) groups is 2. The van der Waals surface area contributed by atoms with E-state index < -0.39 is 0 Å². The molecule has 0 aliphatic carbocycles. The smallest absolute Gasteiger partial charge is 0.255 e. The van der Waals surface area contributed by atoms with Crippen LogP contribution in [0.3, 0.4) is 0 Å². The molecule has 1 aliphatic heterocycles. The zero-order valence-corrected chi connectivity index (χ0v) is 13.4. The Morgan fingerprint density at radius 1 is 1.13 bits per heavy atom. The number of rotatable bonds is 3. The highest BCUT2D eigenvalue weighted by atomic mass is 16.2. The van der Waals surface area contributed by atoms with Crippen molar-refractivity contribution in [2.75, 3.05) is 26.2 Å². The molecule has 3 rings (SSSR count). The summed E-state index contributed by atoms with van der Waals surface area (Å²) in [6.07, 6.45) is 8.61. The van der Waals surface area contributed by atoms with Gasteiger partial charge in [-0.1, -0.05) is 0 Å². The summed E-state index contributed by atoms with van der Waals surface area (Å²) in [7, 11) is 1.90. The summed E-state index contributed by atoms with van der Waals surface area (Å²) >= 11 is 0. The van der Waals surface area contributed by atoms with E-state index in [4.69, 9.17) is 0 Å². The molecule has 6 heteroatoms. The van der Waals surface area contributed by atoms with Crippen molar-refractivity contribution in [1.82, 2.24) is 19.4 Å². The molecule has 0 saturated carbocycles. The van der Waals surface area contributed by atoms with Crippen molar-refractivity contribution in [3.8, 4) is 0 Å². The predicted octanol–water partition coefficient (Wildman–Crippen LogP) is 1.27. The van der Waals surface area contributed by atoms with Crippen molar-refractivity contribution in [2.24, 2.45) is 7.05 Å². The summed E-state index contributed by atoms with van der Waals surface area (Å²) in [6, 6.07) is 3.75. The first-order valence-electron chi connectivity index (χ1n) is 7.94. The van der Waals surface area contributed by atoms with Gasteiger partial charge in [0, 0.05) is 58.0 Å². The van der Waals surface area contributed by atoms with Crippen molar-refractivity contribution >= 4 is 11.8 Å². The SMILES string of the molecule is Cn1ccc(C(=O)N2CCCN(C(=O)Cc3cc[nH]c3)CC2)c1. The molecule has 1 saturated heterocycles. The standard InChI is InChI=1S/C17H22N4O2/c1-19-8-4-15(13-19)17(23)21-7-2-6-20(9-10-21)16(22)11-14-3-5-18-12-14/h3-5,8,12-13,18H,2,6-7,9-11H2,1H3. The Bertz CT molecular complexity index is 675. The van der Waals surface area contributed by atoms with Gasteiger partial charge < -0.3 is 19.4 Å². The second-order valence-corrected chi connectivity index (χ2v) is 5.99. The molecule has 1 aliphatic rings. The molecule has 6 nitrogen and oxygen atoms in total. The molecule has 23 heavy (non-hydrogen) atoms. The molecule has 1 N–H and O–H groups in total. The van der Waals surface area contributed by atoms with Gasteiger partial charge in [-0.25, -0.2) is 0 Å². The van der Waals surface area contributed by atoms with Gasteiger partial charge >= 0.3 is 0 Å². The van der Waals surface area contributed by atoms with E-state index in [1.165, 1.54) is 0 Å². The van der Waals surface area contributed by atoms with Crippen LogP contribution in [0.2, 0.25) is 0 Å². The topological polar surface area (TPSA) is 61.3 Å². The summed E-state index contributed by atoms with van der Waals surface area (Å²) in [5.74, 6) is 0.171. The molecule has 122 valence electrons. The number of aromatic nitrogens is 2. The normalized spacial score (nSPS) is 15.5. The number of hydrogen-bond acceptors (Lipinski definition) is 2. The lowest BCUT2D eigenvalue weighted by atomic mass is 10.2. The van der Waals surface area contributed by atoms with Gasteiger partial charge in [-0.3, -0.25) is 9.59 Å². The Balaban J connectivity index is 1.58. The highest BCUT2D eigenvalue weighted by Crippen LogP contribution is 2.11. The molecule has 2 aromatic heterocycles. The van der Waals surface area contributed by atoms with Crippen LogP contribution in [0, 0.1) is 0 Å². The van der Waals surface area contributed by atoms with Crippen LogP contribution in [-0.4, -0.2) is 57.3 Å². The number of aromatic amines is 1. The number of H-pyrrole nitrogens is 1. The van der Waals surface area contributed by atoms with Gasteiger partial charge in [-0.05, 0) is 24.1 Å². The van der Waals surface area contributed by atoms with E-state index >= 15 is 0 Å². The third-order valence-electron chi connectivity index (χ3n) is 4.23. The first kappa shape index (κ1) is 15.4. The Labute approximate surface area is 135 Å². The maximum absolute atomic E-state index is 12.5. The summed E-state index contributed by atoms with van der Waals surface area (Å²) in [5.41, 5.74) is 1.70. The lowest BCUT2D eigenvalue weighted by Crippen LogP contribution is -2.37. The van der Waals surface area contributed by atoms with Gasteiger partial charge in [0.25, 0.3) is 5.91 Å². The quantitative estimate of drug-likeness (QED) is 0.927. The first-order valence-corrected chi connectivity index (χ1v) is 7.94. The van der Waals surface area contributed by atoms with E-state index in [0.717, 1.165) is 12.0 Å². The number of amides is 2. The Hall–Kier alpha value is -2.50. The Kier molecular flexibility index (Phi) is 4.50. The van der Waals surface area contributed by atoms with Crippen molar-refractivity contribution < 1.29 is 9.59 Å². The van der Waals surface area contributed by atoms with Crippen LogP contribution in [0.5, 0.6) is 0 Å². The van der Waals surface area contributed by atoms with Crippen LogP contribution in [0.1, 0.15) is 22.3 Å². The van der Waals surface area contributed by atoms with Crippen molar-refractivity contribution in [2.45, 2.75) is 12.8 Å². The second kappa shape index (κ2) is 6.73. The fourth-order valence-electron chi connectivity index (χ4n) is 2.94. The van der Waals surface area contributed by atoms with E-state index in [0.29, 0.717) is 38.2 Å². The monoisotopic (exact) mass is 314 g/mol. The molecule has 2 aromatic rings. The van der Waals surface area contributed by atoms with Gasteiger partial charge in [0.2, 0.25) is 5.91 Å². The average Bonchev–Trinajstić information content (AvgIpc) is 3.12. The highest BCUT2D eigenvalue weighted by Gasteiger charge is 2.23. The molecule has 0 unspecified atom stereocenters. The Morgan fingerprint density at radius 2 is 1.91 bits per heavy atom. The van der Waals surface area contributed by atoms with Crippen molar-refractivity contribution in [3.05, 3.63) is 48.0 Å². The third-order valence-corrected chi connectivity index (χ3v) is 4.23. The average molecular weight is 314 g/mol. The van der Waals surface area contributed by atoms with E-state index in [-0.39, 0.29) is 11.8 Å². The van der Waals surface area contributed by atoms with Gasteiger partial charge in [0.1, 0.15) is 0 Å². The van der Waals surface area contributed by atoms with E-state index in [1.54, 1.807) is 0 Å². The minimum atomic E-state index is 0.0468. The third kappa shape index (κ3) is 3.64. The summed E-state index contributed by atoms with van der Waals surface area (Å²) < 4.78 is 1.87. The molecule has 1 fully saturated rings. The summed E-state index contributed by atoms with van der Waals surface area (Å²) in [5, 5.41) is 0. The van der Waals surface area contributed by atoms with Crippen molar-refractivity contribution in [3.63, 3.8) is 0 Å². The van der Waals surface area contributed by atoms with Crippen LogP contribution >= 0.6 is 0 Å². The van der Waals surface area contributed by atoms with Gasteiger partial charge in [-0.2, -0.15) is 0 Å². The Morgan fingerprint density at radius 3 is 2.61 bits per heavy atom. The zero-order valence-electron chi connectivity index (χ0n) is 13.4. The minimum absolute atomic E-state index is 0.0468. The first-order chi connectivity index (χ1) is 11.1. The lowest BCUT2D eigenvalue weighted by molar-refractivity contribution is -0.130. The number of hydrogen-bond donors (Lipinski definition) is 1. The second-order valence-electron chi connectivity index (χ2n) is 5.99. The fourth-order valence-corrected chi connectivity index (χ4v) is 2.94. The molecular weight excluding hydrogens is 292 g/mol. The van der Waals surface area contributed by atoms with E-state index in [2.05, 4.69) is 4.98 Å². The highest BCUT2D eigenvalue weighted by molar-refractivity contribution is 5.94. The predicted molar refractivity (Wildman–Crippen MR) is 87.0 cm³/mol. The number of carbonyl (C=O) groups excluding carboxylic acids is 2. The zero-order chi connectivity index (χ0) is 16.2. The van der Waals surface area contributed by atoms with Gasteiger partial charge in [-0.15, -0.1) is 0 Å². The van der Waals surface area contributed by atoms with E-state index in [9.17, 15) is 9.59 Å². The van der Waals surface area contributed by atoms with Gasteiger partial charge in [0.15, 0.2) is 0 Å². The number of aryl methyl sites for hydroxylation is 1. The van der Waals surface area contributed by atoms with Crippen LogP contribution in [0.4, 0.5) is 0 Å². The van der Waals surface area contributed by atoms with Crippen molar-refractivity contribution in [1.29, 1.82) is 0 Å². The number of nitrogens with one attached hydrogen (secondary N) is 1. The molecular formula is C17H22N4O2. The summed E-state index contributed by atoms with van der Waals surface area (Å²) in [6.45, 7) is 2.60. The van der Waals surface area contributed by atoms with Crippen LogP contribution in [0.25, 0.3) is 0 Å². The maximum Gasteiger partial charge on any atom is 0.255 e. The largest absolute Gasteiger partial charge is 0.367 e. The fraction of sp³-hybridized carbons (Fsp3) is 0.412. The molecule has 0 atom stereocenters. The minimum Gasteiger partial charge on any atom is -0.367 e. The summed E-state index contributed by atoms with van der Waals surface area (Å²) in [4.78, 5) is 31.6. The number of nitrogens with zero attached hydrogens (tertiary/aromatic N) is 3. The van der Waals surface area contributed by atoms with Crippen LogP contribution in [0.15, 0.2) is 36.9 Å². The molecule has 0 radical (unpaired) electrons. The molecule has 3 heterocycles. The molecule has 0 spiro atoms. The molecule has 2 amide bonds. The molecule has 0 aromatic carbocycles. The maximum atomic E-state index is 12.5. The van der Waals surface area contributed by atoms with Crippen LogP contribution < -0.4 is 0 Å².